The van der Waals surface area contributed by atoms with Gasteiger partial charge >= 0.3 is 5.97 Å². The first-order chi connectivity index (χ1) is 19.6. The van der Waals surface area contributed by atoms with E-state index < -0.39 is 5.97 Å². The number of fused-ring (bicyclic) bond motifs is 1. The Kier molecular flexibility index (Phi) is 11.2. The van der Waals surface area contributed by atoms with E-state index in [1.165, 1.54) is 6.20 Å². The van der Waals surface area contributed by atoms with Gasteiger partial charge in [0.15, 0.2) is 23.0 Å². The van der Waals surface area contributed by atoms with Crippen LogP contribution in [0.1, 0.15) is 31.1 Å². The molecular formula is C28H32IN7O4. The second-order valence-electron chi connectivity index (χ2n) is 7.67. The average Bonchev–Trinajstić information content (AvgIpc) is 3.61. The molecule has 0 saturated carbocycles. The number of para-hydroxylation sites is 3. The van der Waals surface area contributed by atoms with Crippen molar-refractivity contribution in [2.24, 2.45) is 7.05 Å². The van der Waals surface area contributed by atoms with Crippen LogP contribution in [0.25, 0.3) is 22.6 Å². The lowest BCUT2D eigenvalue weighted by Crippen LogP contribution is -2.12. The summed E-state index contributed by atoms with van der Waals surface area (Å²) in [6, 6.07) is 14.8. The maximum Gasteiger partial charge on any atom is 0.343 e. The van der Waals surface area contributed by atoms with Crippen LogP contribution in [0.3, 0.4) is 0 Å². The highest BCUT2D eigenvalue weighted by atomic mass is 127. The van der Waals surface area contributed by atoms with Gasteiger partial charge in [-0.2, -0.15) is 10.1 Å². The Balaban J connectivity index is 0.00000106. The van der Waals surface area contributed by atoms with Crippen molar-refractivity contribution in [3.63, 3.8) is 0 Å². The smallest absolute Gasteiger partial charge is 0.343 e. The molecule has 0 aliphatic carbocycles. The van der Waals surface area contributed by atoms with E-state index in [1.54, 1.807) is 44.1 Å². The van der Waals surface area contributed by atoms with Gasteiger partial charge in [0.2, 0.25) is 11.8 Å². The molecule has 5 aromatic rings. The third-order valence-corrected chi connectivity index (χ3v) is 5.23. The highest BCUT2D eigenvalue weighted by Crippen LogP contribution is 2.38. The number of halogens is 1. The van der Waals surface area contributed by atoms with Gasteiger partial charge in [-0.05, 0) is 36.1 Å². The van der Waals surface area contributed by atoms with Crippen LogP contribution >= 0.6 is 22.6 Å². The fraction of sp³-hybridized carbons (Fsp3) is 0.250. The van der Waals surface area contributed by atoms with Crippen molar-refractivity contribution in [1.82, 2.24) is 24.7 Å². The number of alkyl halides is 1. The van der Waals surface area contributed by atoms with Crippen LogP contribution in [0.2, 0.25) is 0 Å². The highest BCUT2D eigenvalue weighted by Gasteiger charge is 2.21. The van der Waals surface area contributed by atoms with Crippen LogP contribution in [0.4, 0.5) is 23.3 Å². The number of esters is 1. The van der Waals surface area contributed by atoms with Gasteiger partial charge in [0.25, 0.3) is 0 Å². The zero-order valence-corrected chi connectivity index (χ0v) is 25.4. The van der Waals surface area contributed by atoms with E-state index in [9.17, 15) is 4.79 Å². The molecule has 0 unspecified atom stereocenters. The quantitative estimate of drug-likeness (QED) is 0.105. The number of methoxy groups -OCH3 is 1. The standard InChI is InChI=1S/C25H23N7O4.C2H6.CH3I/c1-4-35-24(33)16-14-26-25(29-20-12-13-32(2)31-20)30-22(16)27-18-10-7-8-15(21(18)34-3)23-28-17-9-5-6-11-19(17)36-23;2*1-2/h5-14H,4H2,1-3H3,(H2,26,27,29,30,31);1-2H3;1H3. The summed E-state index contributed by atoms with van der Waals surface area (Å²) in [4.78, 5) is 27.9. The van der Waals surface area contributed by atoms with Crippen molar-refractivity contribution in [1.29, 1.82) is 0 Å². The van der Waals surface area contributed by atoms with Crippen LogP contribution in [-0.4, -0.2) is 49.3 Å². The molecule has 2 N–H and O–H groups in total. The third kappa shape index (κ3) is 7.05. The summed E-state index contributed by atoms with van der Waals surface area (Å²) in [5.41, 5.74) is 2.75. The van der Waals surface area contributed by atoms with Gasteiger partial charge in [-0.25, -0.2) is 14.8 Å². The van der Waals surface area contributed by atoms with E-state index >= 15 is 0 Å². The van der Waals surface area contributed by atoms with Crippen LogP contribution in [-0.2, 0) is 11.8 Å². The Hall–Kier alpha value is -4.20. The van der Waals surface area contributed by atoms with Gasteiger partial charge in [0, 0.05) is 25.5 Å². The number of hydrogen-bond donors (Lipinski definition) is 2. The average molecular weight is 658 g/mol. The molecule has 210 valence electrons. The van der Waals surface area contributed by atoms with Crippen molar-refractivity contribution in [3.05, 3.63) is 66.5 Å². The van der Waals surface area contributed by atoms with Crippen LogP contribution in [0.15, 0.2) is 65.3 Å². The molecule has 0 radical (unpaired) electrons. The van der Waals surface area contributed by atoms with Gasteiger partial charge < -0.3 is 24.5 Å². The highest BCUT2D eigenvalue weighted by molar-refractivity contribution is 14.1. The largest absolute Gasteiger partial charge is 0.494 e. The molecule has 11 nitrogen and oxygen atoms in total. The monoisotopic (exact) mass is 657 g/mol. The molecule has 0 aliphatic heterocycles. The molecule has 3 heterocycles. The molecule has 0 saturated heterocycles. The van der Waals surface area contributed by atoms with E-state index in [2.05, 4.69) is 53.3 Å². The Morgan fingerprint density at radius 2 is 1.82 bits per heavy atom. The van der Waals surface area contributed by atoms with Crippen molar-refractivity contribution in [2.75, 3.05) is 29.3 Å². The van der Waals surface area contributed by atoms with Crippen LogP contribution in [0, 0.1) is 0 Å². The second-order valence-corrected chi connectivity index (χ2v) is 7.67. The topological polar surface area (TPSA) is 129 Å². The second kappa shape index (κ2) is 14.8. The van der Waals surface area contributed by atoms with Gasteiger partial charge in [-0.3, -0.25) is 4.68 Å². The minimum absolute atomic E-state index is 0.165. The Morgan fingerprint density at radius 1 is 1.05 bits per heavy atom. The molecule has 12 heteroatoms. The lowest BCUT2D eigenvalue weighted by atomic mass is 10.1. The Bertz CT molecular complexity index is 1520. The maximum absolute atomic E-state index is 12.6. The molecule has 0 aliphatic rings. The molecule has 0 spiro atoms. The number of oxazole rings is 1. The predicted molar refractivity (Wildman–Crippen MR) is 165 cm³/mol. The van der Waals surface area contributed by atoms with E-state index in [4.69, 9.17) is 13.9 Å². The van der Waals surface area contributed by atoms with Gasteiger partial charge in [-0.1, -0.05) is 54.6 Å². The molecule has 0 amide bonds. The lowest BCUT2D eigenvalue weighted by Gasteiger charge is -2.15. The van der Waals surface area contributed by atoms with Crippen molar-refractivity contribution >= 4 is 62.9 Å². The summed E-state index contributed by atoms with van der Waals surface area (Å²) in [5.74, 6) is 1.36. The Morgan fingerprint density at radius 3 is 2.50 bits per heavy atom. The molecule has 0 fully saturated rings. The number of carbonyl (C=O) groups excluding carboxylic acids is 1. The molecule has 3 aromatic heterocycles. The fourth-order valence-electron chi connectivity index (χ4n) is 3.63. The van der Waals surface area contributed by atoms with Crippen molar-refractivity contribution in [2.45, 2.75) is 20.8 Å². The van der Waals surface area contributed by atoms with Crippen molar-refractivity contribution in [3.8, 4) is 17.2 Å². The first-order valence-corrected chi connectivity index (χ1v) is 14.7. The molecule has 40 heavy (non-hydrogen) atoms. The number of carbonyl (C=O) groups is 1. The number of nitrogens with zero attached hydrogens (tertiary/aromatic N) is 5. The maximum atomic E-state index is 12.6. The van der Waals surface area contributed by atoms with Gasteiger partial charge in [0.1, 0.15) is 11.1 Å². The number of aromatic nitrogens is 5. The minimum Gasteiger partial charge on any atom is -0.494 e. The van der Waals surface area contributed by atoms with E-state index in [-0.39, 0.29) is 23.9 Å². The third-order valence-electron chi connectivity index (χ3n) is 5.23. The summed E-state index contributed by atoms with van der Waals surface area (Å²) < 4.78 is 18.5. The van der Waals surface area contributed by atoms with Gasteiger partial charge in [0.05, 0.1) is 25.0 Å². The van der Waals surface area contributed by atoms with Crippen LogP contribution < -0.4 is 15.4 Å². The number of hydrogen-bond acceptors (Lipinski definition) is 10. The Labute approximate surface area is 246 Å². The number of aryl methyl sites for hydroxylation is 1. The summed E-state index contributed by atoms with van der Waals surface area (Å²) >= 11 is 2.15. The van der Waals surface area contributed by atoms with Gasteiger partial charge in [-0.15, -0.1) is 0 Å². The number of ether oxygens (including phenoxy) is 2. The number of anilines is 4. The molecule has 0 atom stereocenters. The predicted octanol–water partition coefficient (Wildman–Crippen LogP) is 6.77. The normalized spacial score (nSPS) is 10.1. The zero-order chi connectivity index (χ0) is 29.1. The van der Waals surface area contributed by atoms with Crippen LogP contribution in [0.5, 0.6) is 5.75 Å². The van der Waals surface area contributed by atoms with E-state index in [0.717, 1.165) is 5.52 Å². The summed E-state index contributed by atoms with van der Waals surface area (Å²) in [6.07, 6.45) is 3.19. The summed E-state index contributed by atoms with van der Waals surface area (Å²) in [5, 5.41) is 10.5. The molecule has 5 rings (SSSR count). The fourth-order valence-corrected chi connectivity index (χ4v) is 3.63. The SMILES string of the molecule is CC.CCOC(=O)c1cnc(Nc2ccn(C)n2)nc1Nc1cccc(-c2nc3ccccc3o2)c1OC.CI. The summed E-state index contributed by atoms with van der Waals surface area (Å²) in [7, 11) is 3.35. The minimum atomic E-state index is -0.557. The molecule has 0 bridgehead atoms. The first kappa shape index (κ1) is 30.3. The lowest BCUT2D eigenvalue weighted by molar-refractivity contribution is 0.0526. The molecule has 2 aromatic carbocycles. The summed E-state index contributed by atoms with van der Waals surface area (Å²) in [6.45, 7) is 5.94. The zero-order valence-electron chi connectivity index (χ0n) is 23.2. The molecular weight excluding hydrogens is 625 g/mol. The first-order valence-electron chi connectivity index (χ1n) is 12.5. The number of benzene rings is 2. The number of rotatable bonds is 8. The van der Waals surface area contributed by atoms with E-state index in [0.29, 0.717) is 34.3 Å². The number of nitrogens with one attached hydrogen (secondary N) is 2. The van der Waals surface area contributed by atoms with Crippen molar-refractivity contribution < 1.29 is 18.7 Å². The van der Waals surface area contributed by atoms with E-state index in [1.807, 2.05) is 55.2 Å².